The number of alkyl halides is 5. The molecular formula is C25H32ClF5N4O5S. The van der Waals surface area contributed by atoms with Crippen molar-refractivity contribution in [2.24, 2.45) is 5.41 Å². The van der Waals surface area contributed by atoms with Crippen molar-refractivity contribution in [3.8, 4) is 17.0 Å². The van der Waals surface area contributed by atoms with E-state index in [0.717, 1.165) is 32.4 Å². The number of aromatic nitrogens is 3. The molecule has 0 saturated heterocycles. The van der Waals surface area contributed by atoms with Gasteiger partial charge in [0.2, 0.25) is 0 Å². The molecule has 0 bridgehead atoms. The molecule has 9 nitrogen and oxygen atoms in total. The Kier molecular flexibility index (Phi) is 9.65. The molecule has 2 aromatic heterocycles. The normalized spacial score (nSPS) is 20.3. The van der Waals surface area contributed by atoms with Crippen LogP contribution in [0, 0.1) is 5.41 Å². The van der Waals surface area contributed by atoms with Crippen LogP contribution in [0.25, 0.3) is 11.3 Å². The smallest absolute Gasteiger partial charge is 0.394 e. The molecule has 230 valence electrons. The van der Waals surface area contributed by atoms with E-state index < -0.39 is 57.0 Å². The van der Waals surface area contributed by atoms with E-state index in [1.54, 1.807) is 6.92 Å². The monoisotopic (exact) mass is 630 g/mol. The minimum Gasteiger partial charge on any atom is -0.434 e. The topological polar surface area (TPSA) is 123 Å². The maximum Gasteiger partial charge on any atom is 0.394 e. The van der Waals surface area contributed by atoms with E-state index in [1.807, 2.05) is 0 Å². The van der Waals surface area contributed by atoms with Gasteiger partial charge in [-0.05, 0) is 32.6 Å². The average Bonchev–Trinajstić information content (AvgIpc) is 3.17. The SMILES string of the molecule is CCn1nc(C(=O)NCC2(O)CCC(S(C)(=O)=O)CC2)c(Cl)c1-c1cnc(CC(C)(C)C(F)(F)F)cc1OC(F)F. The van der Waals surface area contributed by atoms with Crippen LogP contribution in [-0.4, -0.2) is 70.6 Å². The van der Waals surface area contributed by atoms with Crippen molar-refractivity contribution < 1.29 is 45.0 Å². The number of nitrogens with one attached hydrogen (secondary N) is 1. The first kappa shape index (κ1) is 33.0. The lowest BCUT2D eigenvalue weighted by atomic mass is 9.84. The van der Waals surface area contributed by atoms with Crippen LogP contribution in [-0.2, 0) is 22.8 Å². The first-order valence-corrected chi connectivity index (χ1v) is 15.1. The van der Waals surface area contributed by atoms with Crippen molar-refractivity contribution in [1.29, 1.82) is 0 Å². The summed E-state index contributed by atoms with van der Waals surface area (Å²) in [7, 11) is -3.26. The number of aliphatic hydroxyl groups is 1. The number of amides is 1. The standard InChI is InChI=1S/C25H32ClF5N4O5S/c1-5-35-20(16-12-32-14(10-17(16)40-22(27)28)11-23(2,3)25(29,30)31)18(26)19(34-35)21(36)33-13-24(37)8-6-15(7-9-24)41(4,38)39/h10,12,15,22,37H,5-9,11,13H2,1-4H3,(H,33,36). The fraction of sp³-hybridized carbons (Fsp3) is 0.640. The van der Waals surface area contributed by atoms with Crippen LogP contribution in [0.2, 0.25) is 5.02 Å². The summed E-state index contributed by atoms with van der Waals surface area (Å²) in [6, 6.07) is 0.973. The Hall–Kier alpha value is -2.52. The Morgan fingerprint density at radius 2 is 1.90 bits per heavy atom. The summed E-state index contributed by atoms with van der Waals surface area (Å²) in [6.45, 7) is 0.140. The Balaban J connectivity index is 1.89. The Morgan fingerprint density at radius 3 is 2.41 bits per heavy atom. The molecule has 1 fully saturated rings. The van der Waals surface area contributed by atoms with Crippen molar-refractivity contribution >= 4 is 27.3 Å². The quantitative estimate of drug-likeness (QED) is 0.362. The summed E-state index contributed by atoms with van der Waals surface area (Å²) in [6.07, 6.45) is -2.26. The minimum atomic E-state index is -4.58. The van der Waals surface area contributed by atoms with E-state index in [-0.39, 0.29) is 66.4 Å². The molecule has 1 amide bonds. The molecule has 3 rings (SSSR count). The van der Waals surface area contributed by atoms with E-state index in [2.05, 4.69) is 20.1 Å². The van der Waals surface area contributed by atoms with Gasteiger partial charge in [0.1, 0.15) is 15.6 Å². The second-order valence-corrected chi connectivity index (χ2v) is 13.6. The Morgan fingerprint density at radius 1 is 1.29 bits per heavy atom. The van der Waals surface area contributed by atoms with Gasteiger partial charge in [-0.3, -0.25) is 14.5 Å². The van der Waals surface area contributed by atoms with E-state index in [0.29, 0.717) is 0 Å². The number of halogens is 6. The number of rotatable bonds is 10. The maximum atomic E-state index is 13.4. The van der Waals surface area contributed by atoms with Gasteiger partial charge in [-0.2, -0.15) is 27.1 Å². The van der Waals surface area contributed by atoms with Crippen molar-refractivity contribution in [3.63, 3.8) is 0 Å². The van der Waals surface area contributed by atoms with Crippen LogP contribution in [0.3, 0.4) is 0 Å². The number of nitrogens with zero attached hydrogens (tertiary/aromatic N) is 3. The molecule has 0 aromatic carbocycles. The largest absolute Gasteiger partial charge is 0.434 e. The summed E-state index contributed by atoms with van der Waals surface area (Å²) < 4.78 is 96.2. The fourth-order valence-electron chi connectivity index (χ4n) is 4.63. The van der Waals surface area contributed by atoms with Gasteiger partial charge in [0.05, 0.1) is 32.5 Å². The highest BCUT2D eigenvalue weighted by Crippen LogP contribution is 2.42. The van der Waals surface area contributed by atoms with Gasteiger partial charge in [-0.1, -0.05) is 25.4 Å². The summed E-state index contributed by atoms with van der Waals surface area (Å²) >= 11 is 6.48. The van der Waals surface area contributed by atoms with Crippen LogP contribution in [0.1, 0.15) is 62.6 Å². The van der Waals surface area contributed by atoms with Crippen LogP contribution >= 0.6 is 11.6 Å². The fourth-order valence-corrected chi connectivity index (χ4v) is 6.05. The third-order valence-corrected chi connectivity index (χ3v) is 9.28. The molecule has 1 aliphatic rings. The van der Waals surface area contributed by atoms with E-state index >= 15 is 0 Å². The summed E-state index contributed by atoms with van der Waals surface area (Å²) in [5, 5.41) is 16.7. The first-order valence-electron chi connectivity index (χ1n) is 12.7. The predicted molar refractivity (Wildman–Crippen MR) is 141 cm³/mol. The molecule has 1 aliphatic carbocycles. The molecule has 0 radical (unpaired) electrons. The zero-order valence-corrected chi connectivity index (χ0v) is 24.4. The number of sulfone groups is 1. The molecule has 1 saturated carbocycles. The number of pyridine rings is 1. The van der Waals surface area contributed by atoms with Gasteiger partial charge in [0.25, 0.3) is 5.91 Å². The third kappa shape index (κ3) is 7.66. The number of hydrogen-bond acceptors (Lipinski definition) is 7. The Bertz CT molecular complexity index is 1370. The zero-order valence-electron chi connectivity index (χ0n) is 22.9. The highest BCUT2D eigenvalue weighted by molar-refractivity contribution is 7.91. The number of hydrogen-bond donors (Lipinski definition) is 2. The maximum absolute atomic E-state index is 13.4. The summed E-state index contributed by atoms with van der Waals surface area (Å²) in [4.78, 5) is 17.0. The van der Waals surface area contributed by atoms with Gasteiger partial charge in [0, 0.05) is 43.7 Å². The number of carbonyl (C=O) groups excluding carboxylic acids is 1. The van der Waals surface area contributed by atoms with Gasteiger partial charge >= 0.3 is 12.8 Å². The molecule has 2 aromatic rings. The molecule has 2 N–H and O–H groups in total. The average molecular weight is 631 g/mol. The molecule has 0 atom stereocenters. The number of carbonyl (C=O) groups is 1. The van der Waals surface area contributed by atoms with E-state index in [4.69, 9.17) is 11.6 Å². The number of aryl methyl sites for hydroxylation is 1. The lowest BCUT2D eigenvalue weighted by Crippen LogP contribution is -2.47. The lowest BCUT2D eigenvalue weighted by molar-refractivity contribution is -0.211. The van der Waals surface area contributed by atoms with Crippen molar-refractivity contribution in [1.82, 2.24) is 20.1 Å². The molecule has 0 aliphatic heterocycles. The van der Waals surface area contributed by atoms with Crippen LogP contribution < -0.4 is 10.1 Å². The molecule has 0 unspecified atom stereocenters. The lowest BCUT2D eigenvalue weighted by Gasteiger charge is -2.35. The second kappa shape index (κ2) is 12.0. The van der Waals surface area contributed by atoms with Gasteiger partial charge in [-0.25, -0.2) is 8.42 Å². The first-order chi connectivity index (χ1) is 18.8. The highest BCUT2D eigenvalue weighted by atomic mass is 35.5. The van der Waals surface area contributed by atoms with Crippen LogP contribution in [0.4, 0.5) is 22.0 Å². The molecule has 2 heterocycles. The third-order valence-electron chi connectivity index (χ3n) is 7.24. The minimum absolute atomic E-state index is 0.0172. The summed E-state index contributed by atoms with van der Waals surface area (Å²) in [5.74, 6) is -1.28. The van der Waals surface area contributed by atoms with Crippen molar-refractivity contribution in [2.75, 3.05) is 12.8 Å². The molecular weight excluding hydrogens is 599 g/mol. The summed E-state index contributed by atoms with van der Waals surface area (Å²) in [5.41, 5.74) is -4.12. The van der Waals surface area contributed by atoms with Crippen molar-refractivity contribution in [3.05, 3.63) is 28.7 Å². The Labute approximate surface area is 239 Å². The van der Waals surface area contributed by atoms with Crippen molar-refractivity contribution in [2.45, 2.75) is 83.1 Å². The van der Waals surface area contributed by atoms with Gasteiger partial charge in [-0.15, -0.1) is 0 Å². The highest BCUT2D eigenvalue weighted by Gasteiger charge is 2.47. The van der Waals surface area contributed by atoms with E-state index in [1.165, 1.54) is 4.68 Å². The molecule has 0 spiro atoms. The number of ether oxygens (including phenoxy) is 1. The second-order valence-electron chi connectivity index (χ2n) is 10.9. The molecule has 41 heavy (non-hydrogen) atoms. The van der Waals surface area contributed by atoms with Gasteiger partial charge < -0.3 is 15.2 Å². The van der Waals surface area contributed by atoms with E-state index in [9.17, 15) is 40.3 Å². The van der Waals surface area contributed by atoms with Crippen LogP contribution in [0.5, 0.6) is 5.75 Å². The van der Waals surface area contributed by atoms with Gasteiger partial charge in [0.15, 0.2) is 5.69 Å². The predicted octanol–water partition coefficient (Wildman–Crippen LogP) is 4.80. The zero-order chi connectivity index (χ0) is 31.0. The van der Waals surface area contributed by atoms with Crippen LogP contribution in [0.15, 0.2) is 12.3 Å². The molecule has 16 heteroatoms.